The zero-order chi connectivity index (χ0) is 106. The Morgan fingerprint density at radius 3 is 0.953 bits per heavy atom. The quantitative estimate of drug-likeness (QED) is 0.0935. The van der Waals surface area contributed by atoms with Crippen LogP contribution in [0.2, 0.25) is 0 Å². The molecule has 0 spiro atoms. The topological polar surface area (TPSA) is 92.0 Å². The van der Waals surface area contributed by atoms with E-state index >= 15 is 0 Å². The first-order chi connectivity index (χ1) is 73.3. The van der Waals surface area contributed by atoms with Gasteiger partial charge in [0, 0.05) is 145 Å². The summed E-state index contributed by atoms with van der Waals surface area (Å²) in [4.78, 5) is 24.5. The van der Waals surface area contributed by atoms with Gasteiger partial charge >= 0.3 is 7.12 Å². The Bertz CT molecular complexity index is 8420. The van der Waals surface area contributed by atoms with E-state index < -0.39 is 7.12 Å². The number of hydrogen-bond acceptors (Lipinski definition) is 8. The number of pyridine rings is 4. The van der Waals surface area contributed by atoms with Crippen molar-refractivity contribution in [2.75, 3.05) is 0 Å². The van der Waals surface area contributed by atoms with E-state index in [9.17, 15) is 10.0 Å². The van der Waals surface area contributed by atoms with Gasteiger partial charge in [0.1, 0.15) is 0 Å². The predicted octanol–water partition coefficient (Wildman–Crippen LogP) is 34.3. The summed E-state index contributed by atoms with van der Waals surface area (Å²) in [7, 11) is -1.51. The highest BCUT2D eigenvalue weighted by Gasteiger charge is 2.28. The third kappa shape index (κ3) is 15.1. The van der Waals surface area contributed by atoms with Crippen LogP contribution in [0.4, 0.5) is 0 Å². The van der Waals surface area contributed by atoms with E-state index in [1.54, 1.807) is 12.3 Å². The number of halogens is 1. The molecule has 0 amide bonds. The molecule has 18 aromatic carbocycles. The van der Waals surface area contributed by atoms with Gasteiger partial charge < -0.3 is 10.0 Å². The molecule has 0 aliphatic heterocycles. The minimum atomic E-state index is -1.51. The average Bonchev–Trinajstić information content (AvgIpc) is 1.60. The molecule has 3 radical (unpaired) electrons. The second-order valence-electron chi connectivity index (χ2n) is 31.6. The molecule has 128 heavy (non-hydrogen) atoms. The molecule has 24 aromatic rings. The fourth-order valence-corrected chi connectivity index (χ4v) is 21.4. The average molecular weight is 1780 g/mol. The SMILES string of the molecule is Brc1ccc(-c2sc(-c3cc4ccccc4c4ccccc34)c(-c3ccccc3)c2-c2ccccc2)cc1.C.OB(O)c1ccc(-c2ccc3ccc4cccnc4c3n2)c2ccccc12.[2HH].[2H][2H].[2H][2H].[2H][2H].[2H][2H].[2H][2H].[2H][2H].[2H][2H].[2H][2H].[2H][2H].[2H][2H].[2H][2H].[B].c1ccc(-c2c(-c3ccc(-c4ccc(-c5ccc6ccc7cccnc7c6n5)c5ccccc45)cc3)sc(-c3cc4ccccc4c4ccccc34)c2-c2ccccc2)cc1. The van der Waals surface area contributed by atoms with Crippen molar-refractivity contribution >= 4 is 168 Å². The van der Waals surface area contributed by atoms with Crippen molar-refractivity contribution in [2.24, 2.45) is 0 Å². The highest BCUT2D eigenvalue weighted by Crippen LogP contribution is 2.57. The van der Waals surface area contributed by atoms with Crippen LogP contribution in [0.15, 0.2) is 442 Å². The van der Waals surface area contributed by atoms with Crippen molar-refractivity contribution < 1.29 is 44.1 Å². The lowest BCUT2D eigenvalue weighted by Gasteiger charge is -2.14. The molecule has 6 aromatic heterocycles. The Morgan fingerprint density at radius 2 is 0.539 bits per heavy atom. The van der Waals surface area contributed by atoms with Gasteiger partial charge in [0.05, 0.1) is 33.5 Å². The molecule has 6 heterocycles. The maximum atomic E-state index is 9.67. The minimum absolute atomic E-state index is 0. The van der Waals surface area contributed by atoms with Crippen LogP contribution in [-0.4, -0.2) is 45.5 Å². The molecule has 0 bridgehead atoms. The smallest absolute Gasteiger partial charge is 0.423 e. The Kier molecular flexibility index (Phi) is 19.1. The molecule has 0 unspecified atom stereocenters. The molecule has 0 atom stereocenters. The number of fused-ring (bicyclic) bond motifs is 14. The van der Waals surface area contributed by atoms with Crippen molar-refractivity contribution in [1.82, 2.24) is 19.9 Å². The summed E-state index contributed by atoms with van der Waals surface area (Å²) >= 11 is 7.42. The summed E-state index contributed by atoms with van der Waals surface area (Å²) in [5.74, 6) is 0. The largest absolute Gasteiger partial charge is 0.489 e. The highest BCUT2D eigenvalue weighted by molar-refractivity contribution is 9.10. The fourth-order valence-electron chi connectivity index (χ4n) is 18.3. The first kappa shape index (κ1) is 69.4. The van der Waals surface area contributed by atoms with E-state index in [1.807, 2.05) is 83.5 Å². The van der Waals surface area contributed by atoms with E-state index in [0.717, 1.165) is 81.4 Å². The summed E-state index contributed by atoms with van der Waals surface area (Å²) < 4.78 is 111. The van der Waals surface area contributed by atoms with Crippen LogP contribution in [0, 0.1) is 0 Å². The number of benzene rings is 18. The predicted molar refractivity (Wildman–Crippen MR) is 576 cm³/mol. The number of hydrogen-bond donors (Lipinski definition) is 2. The summed E-state index contributed by atoms with van der Waals surface area (Å²) in [6.07, 6.45) is 3.63. The normalized spacial score (nSPS) is 12.0. The molecule has 0 aliphatic carbocycles. The molecular weight excluding hydrogens is 1660 g/mol. The summed E-state index contributed by atoms with van der Waals surface area (Å²) in [6, 6.07) is 151. The van der Waals surface area contributed by atoms with Gasteiger partial charge in [-0.1, -0.05) is 399 Å². The molecule has 0 aliphatic rings. The van der Waals surface area contributed by atoms with Crippen LogP contribution in [0.1, 0.15) is 41.5 Å². The lowest BCUT2D eigenvalue weighted by Crippen LogP contribution is -2.30. The van der Waals surface area contributed by atoms with Gasteiger partial charge in [-0.2, -0.15) is 0 Å². The van der Waals surface area contributed by atoms with Crippen LogP contribution in [0.5, 0.6) is 0 Å². The highest BCUT2D eigenvalue weighted by atomic mass is 79.9. The van der Waals surface area contributed by atoms with Gasteiger partial charge in [0.15, 0.2) is 0 Å². The fraction of sp³-hybridized carbons (Fsp3) is 0.00855. The number of nitrogens with zero attached hydrogens (tertiary/aromatic N) is 4. The van der Waals surface area contributed by atoms with Crippen LogP contribution >= 0.6 is 38.6 Å². The zero-order valence-corrected chi connectivity index (χ0v) is 71.8. The number of thiophene rings is 2. The molecule has 24 rings (SSSR count). The first-order valence-corrected chi connectivity index (χ1v) is 44.6. The summed E-state index contributed by atoms with van der Waals surface area (Å²) in [5.41, 5.74) is 25.3. The van der Waals surface area contributed by atoms with Crippen LogP contribution in [0.3, 0.4) is 0 Å². The van der Waals surface area contributed by atoms with Crippen LogP contribution in [-0.2, 0) is 0 Å². The maximum Gasteiger partial charge on any atom is 0.489 e. The van der Waals surface area contributed by atoms with Crippen molar-refractivity contribution in [1.29, 1.82) is 0 Å². The second kappa shape index (κ2) is 35.3. The van der Waals surface area contributed by atoms with Crippen molar-refractivity contribution in [3.05, 3.63) is 442 Å². The lowest BCUT2D eigenvalue weighted by molar-refractivity contribution is 0.426. The van der Waals surface area contributed by atoms with E-state index in [2.05, 4.69) is 385 Å². The Hall–Kier alpha value is -14.9. The third-order valence-corrected chi connectivity index (χ3v) is 27.3. The van der Waals surface area contributed by atoms with Gasteiger partial charge in [-0.15, -0.1) is 22.7 Å². The maximum absolute atomic E-state index is 9.67. The van der Waals surface area contributed by atoms with E-state index in [-0.39, 0.29) is 17.3 Å². The number of aromatic nitrogens is 4. The Balaban J connectivity index is 0.000000266. The van der Waals surface area contributed by atoms with E-state index in [4.69, 9.17) is 47.6 Å². The van der Waals surface area contributed by atoms with Gasteiger partial charge in [-0.25, -0.2) is 9.97 Å². The van der Waals surface area contributed by atoms with Crippen molar-refractivity contribution in [3.8, 4) is 120 Å². The summed E-state index contributed by atoms with van der Waals surface area (Å²) in [5, 5.41) is 37.9. The monoisotopic (exact) mass is 1780 g/mol. The van der Waals surface area contributed by atoms with Crippen molar-refractivity contribution in [2.45, 2.75) is 7.43 Å². The van der Waals surface area contributed by atoms with Gasteiger partial charge in [-0.05, 0) is 163 Å². The molecule has 0 saturated heterocycles. The lowest BCUT2D eigenvalue weighted by atomic mass is 9.76. The molecule has 11 heteroatoms. The van der Waals surface area contributed by atoms with Crippen LogP contribution in [0.25, 0.3) is 228 Å². The van der Waals surface area contributed by atoms with Crippen molar-refractivity contribution in [3.63, 3.8) is 0 Å². The van der Waals surface area contributed by atoms with E-state index in [0.29, 0.717) is 5.46 Å². The third-order valence-electron chi connectivity index (χ3n) is 24.2. The standard InChI is InChI=1S/C58H36N2S.C36H23BrS.C22H15BN2O2.CH4.B.12H2/c1-3-14-38(15-4-1)53-54(39-16-5-2-6-17-39)58(51-36-43-18-7-8-20-44(43)46-21-10-12-24-49(46)51)61-57(53)42-29-25-37(26-30-42)45-32-33-50(48-23-11-9-22-47(45)48)52-34-31-41-28-27-40-19-13-35-59-55(40)56(41)60-52;37-28-21-19-26(20-22-28)35-33(24-11-3-1-4-12-24)34(25-13-5-2-6-14-25)36(38-35)32-23-27-15-7-8-16-29(27)30-17-9-10-18-31(30)32;26-23(27)19-11-10-18(16-5-1-2-6-17(16)19)20-12-9-15-8-7-14-4-3-13-24-21(14)22(15)25-20;;;;;;;;;;;;;;/h1-36H;1-23H;1-13,26-27H;1H4;;12*1H/i;;;;;11*1+1D;1+1. The van der Waals surface area contributed by atoms with E-state index in [1.165, 1.54) is 151 Å². The van der Waals surface area contributed by atoms with Gasteiger partial charge in [0.2, 0.25) is 0 Å². The van der Waals surface area contributed by atoms with Crippen LogP contribution < -0.4 is 5.46 Å². The van der Waals surface area contributed by atoms with Gasteiger partial charge in [0.25, 0.3) is 0 Å². The zero-order valence-electron chi connectivity index (χ0n) is 90.6. The molecule has 6 nitrogen and oxygen atoms in total. The molecule has 0 fully saturated rings. The summed E-state index contributed by atoms with van der Waals surface area (Å²) in [6.45, 7) is 0. The first-order valence-electron chi connectivity index (χ1n) is 53.2. The minimum Gasteiger partial charge on any atom is -0.423 e. The Morgan fingerprint density at radius 1 is 0.242 bits per heavy atom. The number of rotatable bonds is 12. The molecule has 2 N–H and O–H groups in total. The van der Waals surface area contributed by atoms with Gasteiger partial charge in [-0.3, -0.25) is 9.97 Å². The molecule has 0 saturated carbocycles. The second-order valence-corrected chi connectivity index (χ2v) is 34.6. The Labute approximate surface area is 796 Å². The molecule has 627 valence electrons. The molecular formula is C117H102B2BrN4O2S2.